The summed E-state index contributed by atoms with van der Waals surface area (Å²) in [6.45, 7) is 2.94. The van der Waals surface area contributed by atoms with Crippen LogP contribution in [0.4, 0.5) is 5.95 Å². The molecule has 0 aliphatic heterocycles. The van der Waals surface area contributed by atoms with Crippen LogP contribution in [0.2, 0.25) is 0 Å². The summed E-state index contributed by atoms with van der Waals surface area (Å²) in [6, 6.07) is 14.2. The molecule has 1 aromatic heterocycles. The summed E-state index contributed by atoms with van der Waals surface area (Å²) in [4.78, 5) is 4.41. The highest BCUT2D eigenvalue weighted by Crippen LogP contribution is 2.23. The van der Waals surface area contributed by atoms with Gasteiger partial charge < -0.3 is 15.0 Å². The molecule has 0 radical (unpaired) electrons. The SMILES string of the molecule is COc1ccc2nc(N)n(CCc3ccccc3C)c2c1. The van der Waals surface area contributed by atoms with E-state index in [2.05, 4.69) is 36.2 Å². The van der Waals surface area contributed by atoms with Gasteiger partial charge in [-0.1, -0.05) is 24.3 Å². The molecule has 3 rings (SSSR count). The number of ether oxygens (including phenoxy) is 1. The molecule has 21 heavy (non-hydrogen) atoms. The van der Waals surface area contributed by atoms with Gasteiger partial charge in [-0.3, -0.25) is 0 Å². The monoisotopic (exact) mass is 281 g/mol. The third kappa shape index (κ3) is 2.57. The fourth-order valence-electron chi connectivity index (χ4n) is 2.61. The smallest absolute Gasteiger partial charge is 0.201 e. The summed E-state index contributed by atoms with van der Waals surface area (Å²) in [5, 5.41) is 0. The van der Waals surface area contributed by atoms with Crippen molar-refractivity contribution in [3.8, 4) is 5.75 Å². The number of nitrogens with two attached hydrogens (primary N) is 1. The van der Waals surface area contributed by atoms with Crippen LogP contribution in [-0.4, -0.2) is 16.7 Å². The number of rotatable bonds is 4. The van der Waals surface area contributed by atoms with Crippen LogP contribution < -0.4 is 10.5 Å². The minimum atomic E-state index is 0.548. The maximum Gasteiger partial charge on any atom is 0.201 e. The lowest BCUT2D eigenvalue weighted by Gasteiger charge is -2.09. The Kier molecular flexibility index (Phi) is 3.52. The summed E-state index contributed by atoms with van der Waals surface area (Å²) >= 11 is 0. The third-order valence-electron chi connectivity index (χ3n) is 3.85. The maximum atomic E-state index is 6.06. The summed E-state index contributed by atoms with van der Waals surface area (Å²) in [5.41, 5.74) is 10.6. The normalized spacial score (nSPS) is 11.0. The van der Waals surface area contributed by atoms with E-state index in [0.29, 0.717) is 5.95 Å². The van der Waals surface area contributed by atoms with E-state index in [1.807, 2.05) is 22.8 Å². The summed E-state index contributed by atoms with van der Waals surface area (Å²) < 4.78 is 7.33. The quantitative estimate of drug-likeness (QED) is 0.799. The zero-order chi connectivity index (χ0) is 14.8. The molecular weight excluding hydrogens is 262 g/mol. The van der Waals surface area contributed by atoms with Crippen molar-refractivity contribution in [3.05, 3.63) is 53.6 Å². The molecule has 0 saturated heterocycles. The second-order valence-corrected chi connectivity index (χ2v) is 5.15. The highest BCUT2D eigenvalue weighted by molar-refractivity contribution is 5.79. The predicted octanol–water partition coefficient (Wildman–Crippen LogP) is 3.18. The Hall–Kier alpha value is -2.49. The van der Waals surface area contributed by atoms with Crippen LogP contribution in [0.5, 0.6) is 5.75 Å². The molecule has 2 N–H and O–H groups in total. The standard InChI is InChI=1S/C17H19N3O/c1-12-5-3-4-6-13(12)9-10-20-16-11-14(21-2)7-8-15(16)19-17(20)18/h3-8,11H,9-10H2,1-2H3,(H2,18,19). The van der Waals surface area contributed by atoms with Crippen LogP contribution in [0.1, 0.15) is 11.1 Å². The first-order valence-corrected chi connectivity index (χ1v) is 7.03. The fraction of sp³-hybridized carbons (Fsp3) is 0.235. The van der Waals surface area contributed by atoms with Crippen molar-refractivity contribution in [2.24, 2.45) is 0 Å². The predicted molar refractivity (Wildman–Crippen MR) is 85.6 cm³/mol. The van der Waals surface area contributed by atoms with Crippen molar-refractivity contribution in [3.63, 3.8) is 0 Å². The molecule has 108 valence electrons. The van der Waals surface area contributed by atoms with Crippen LogP contribution in [0.15, 0.2) is 42.5 Å². The average molecular weight is 281 g/mol. The van der Waals surface area contributed by atoms with Crippen LogP contribution in [0, 0.1) is 6.92 Å². The Morgan fingerprint density at radius 2 is 2.00 bits per heavy atom. The highest BCUT2D eigenvalue weighted by Gasteiger charge is 2.09. The van der Waals surface area contributed by atoms with E-state index in [4.69, 9.17) is 10.5 Å². The molecule has 0 atom stereocenters. The topological polar surface area (TPSA) is 53.1 Å². The van der Waals surface area contributed by atoms with E-state index in [1.54, 1.807) is 7.11 Å². The average Bonchev–Trinajstić information content (AvgIpc) is 2.81. The largest absolute Gasteiger partial charge is 0.497 e. The van der Waals surface area contributed by atoms with E-state index in [-0.39, 0.29) is 0 Å². The van der Waals surface area contributed by atoms with Gasteiger partial charge in [0.2, 0.25) is 5.95 Å². The minimum Gasteiger partial charge on any atom is -0.497 e. The van der Waals surface area contributed by atoms with E-state index in [9.17, 15) is 0 Å². The third-order valence-corrected chi connectivity index (χ3v) is 3.85. The zero-order valence-electron chi connectivity index (χ0n) is 12.3. The molecule has 0 unspecified atom stereocenters. The number of hydrogen-bond acceptors (Lipinski definition) is 3. The Morgan fingerprint density at radius 1 is 1.19 bits per heavy atom. The van der Waals surface area contributed by atoms with Crippen molar-refractivity contribution in [1.82, 2.24) is 9.55 Å². The molecule has 0 aliphatic carbocycles. The van der Waals surface area contributed by atoms with Gasteiger partial charge in [-0.15, -0.1) is 0 Å². The number of fused-ring (bicyclic) bond motifs is 1. The summed E-state index contributed by atoms with van der Waals surface area (Å²) in [7, 11) is 1.67. The Labute approximate surface area is 124 Å². The van der Waals surface area contributed by atoms with Crippen molar-refractivity contribution in [2.45, 2.75) is 19.9 Å². The first-order valence-electron chi connectivity index (χ1n) is 7.03. The van der Waals surface area contributed by atoms with Crippen molar-refractivity contribution >= 4 is 17.0 Å². The maximum absolute atomic E-state index is 6.06. The molecule has 4 heteroatoms. The van der Waals surface area contributed by atoms with Crippen LogP contribution in [0.3, 0.4) is 0 Å². The highest BCUT2D eigenvalue weighted by atomic mass is 16.5. The number of methoxy groups -OCH3 is 1. The van der Waals surface area contributed by atoms with Crippen molar-refractivity contribution in [2.75, 3.05) is 12.8 Å². The molecule has 0 fully saturated rings. The Balaban J connectivity index is 1.93. The van der Waals surface area contributed by atoms with Gasteiger partial charge in [0.05, 0.1) is 18.1 Å². The number of aromatic nitrogens is 2. The van der Waals surface area contributed by atoms with Gasteiger partial charge in [0, 0.05) is 12.6 Å². The number of nitrogens with zero attached hydrogens (tertiary/aromatic N) is 2. The first kappa shape index (κ1) is 13.5. The second-order valence-electron chi connectivity index (χ2n) is 5.15. The molecule has 4 nitrogen and oxygen atoms in total. The fourth-order valence-corrected chi connectivity index (χ4v) is 2.61. The summed E-state index contributed by atoms with van der Waals surface area (Å²) in [5.74, 6) is 1.37. The number of imidazole rings is 1. The lowest BCUT2D eigenvalue weighted by molar-refractivity contribution is 0.415. The molecule has 0 spiro atoms. The number of aryl methyl sites for hydroxylation is 3. The number of hydrogen-bond donors (Lipinski definition) is 1. The van der Waals surface area contributed by atoms with E-state index in [0.717, 1.165) is 29.7 Å². The lowest BCUT2D eigenvalue weighted by Crippen LogP contribution is -2.06. The molecule has 1 heterocycles. The van der Waals surface area contributed by atoms with Crippen LogP contribution in [0.25, 0.3) is 11.0 Å². The molecule has 0 bridgehead atoms. The molecule has 0 amide bonds. The van der Waals surface area contributed by atoms with Gasteiger partial charge in [-0.25, -0.2) is 4.98 Å². The second kappa shape index (κ2) is 5.48. The van der Waals surface area contributed by atoms with Gasteiger partial charge >= 0.3 is 0 Å². The molecule has 0 aliphatic rings. The van der Waals surface area contributed by atoms with Gasteiger partial charge in [0.15, 0.2) is 0 Å². The van der Waals surface area contributed by atoms with E-state index >= 15 is 0 Å². The molecule has 0 saturated carbocycles. The lowest BCUT2D eigenvalue weighted by atomic mass is 10.1. The number of nitrogen functional groups attached to an aromatic ring is 1. The Morgan fingerprint density at radius 3 is 2.76 bits per heavy atom. The molecular formula is C17H19N3O. The molecule has 3 aromatic rings. The van der Waals surface area contributed by atoms with Crippen LogP contribution in [-0.2, 0) is 13.0 Å². The van der Waals surface area contributed by atoms with Gasteiger partial charge in [0.25, 0.3) is 0 Å². The van der Waals surface area contributed by atoms with Crippen molar-refractivity contribution < 1.29 is 4.74 Å². The van der Waals surface area contributed by atoms with Gasteiger partial charge in [-0.05, 0) is 36.6 Å². The van der Waals surface area contributed by atoms with E-state index in [1.165, 1.54) is 11.1 Å². The van der Waals surface area contributed by atoms with E-state index < -0.39 is 0 Å². The van der Waals surface area contributed by atoms with Crippen LogP contribution >= 0.6 is 0 Å². The minimum absolute atomic E-state index is 0.548. The first-order chi connectivity index (χ1) is 10.2. The van der Waals surface area contributed by atoms with Gasteiger partial charge in [-0.2, -0.15) is 0 Å². The molecule has 2 aromatic carbocycles. The van der Waals surface area contributed by atoms with Gasteiger partial charge in [0.1, 0.15) is 5.75 Å². The summed E-state index contributed by atoms with van der Waals surface area (Å²) in [6.07, 6.45) is 0.930. The van der Waals surface area contributed by atoms with Crippen molar-refractivity contribution in [1.29, 1.82) is 0 Å². The number of benzene rings is 2. The number of anilines is 1. The zero-order valence-corrected chi connectivity index (χ0v) is 12.3. The Bertz CT molecular complexity index is 777.